The van der Waals surface area contributed by atoms with Gasteiger partial charge in [-0.2, -0.15) is 4.68 Å². The van der Waals surface area contributed by atoms with Crippen LogP contribution >= 0.6 is 11.6 Å². The van der Waals surface area contributed by atoms with Crippen molar-refractivity contribution in [3.8, 4) is 11.4 Å². The minimum absolute atomic E-state index is 0.0133. The Balaban J connectivity index is 1.64. The zero-order valence-corrected chi connectivity index (χ0v) is 22.4. The van der Waals surface area contributed by atoms with Crippen molar-refractivity contribution in [2.45, 2.75) is 52.2 Å². The molecule has 2 aromatic carbocycles. The fourth-order valence-electron chi connectivity index (χ4n) is 3.98. The van der Waals surface area contributed by atoms with Gasteiger partial charge in [0.15, 0.2) is 0 Å². The normalized spacial score (nSPS) is 13.0. The van der Waals surface area contributed by atoms with Gasteiger partial charge in [-0.05, 0) is 51.8 Å². The van der Waals surface area contributed by atoms with E-state index in [4.69, 9.17) is 21.1 Å². The molecule has 0 spiro atoms. The van der Waals surface area contributed by atoms with E-state index in [1.54, 1.807) is 20.8 Å². The van der Waals surface area contributed by atoms with E-state index in [1.807, 2.05) is 0 Å². The minimum atomic E-state index is -0.920. The summed E-state index contributed by atoms with van der Waals surface area (Å²) >= 11 is 6.02. The molecule has 2 heterocycles. The van der Waals surface area contributed by atoms with Crippen molar-refractivity contribution in [3.63, 3.8) is 0 Å². The third kappa shape index (κ3) is 6.56. The van der Waals surface area contributed by atoms with Crippen LogP contribution in [0.5, 0.6) is 5.75 Å². The first-order valence-corrected chi connectivity index (χ1v) is 12.7. The summed E-state index contributed by atoms with van der Waals surface area (Å²) < 4.78 is 42.9. The van der Waals surface area contributed by atoms with Gasteiger partial charge in [-0.3, -0.25) is 9.36 Å². The molecule has 4 rings (SSSR count). The van der Waals surface area contributed by atoms with E-state index in [1.165, 1.54) is 22.8 Å². The molecule has 39 heavy (non-hydrogen) atoms. The second kappa shape index (κ2) is 11.4. The monoisotopic (exact) mass is 563 g/mol. The van der Waals surface area contributed by atoms with Crippen LogP contribution in [0.4, 0.5) is 19.3 Å². The number of carbonyl (C=O) groups excluding carboxylic acids is 2. The van der Waals surface area contributed by atoms with Crippen molar-refractivity contribution < 1.29 is 27.8 Å². The molecular formula is C26H28ClF2N5O5. The van der Waals surface area contributed by atoms with Crippen LogP contribution in [0.2, 0.25) is 5.02 Å². The highest BCUT2D eigenvalue weighted by Gasteiger charge is 2.24. The molecule has 208 valence electrons. The Morgan fingerprint density at radius 3 is 2.62 bits per heavy atom. The lowest BCUT2D eigenvalue weighted by Crippen LogP contribution is -2.34. The number of alkyl carbamates (subject to hydrolysis) is 1. The maximum atomic E-state index is 15.4. The number of benzene rings is 2. The Bertz CT molecular complexity index is 1440. The molecule has 0 saturated heterocycles. The van der Waals surface area contributed by atoms with Gasteiger partial charge in [-0.1, -0.05) is 17.7 Å². The number of nitrogens with zero attached hydrogens (tertiary/aromatic N) is 3. The quantitative estimate of drug-likeness (QED) is 0.410. The Hall–Kier alpha value is -3.93. The van der Waals surface area contributed by atoms with Crippen molar-refractivity contribution in [2.75, 3.05) is 18.5 Å². The second-order valence-electron chi connectivity index (χ2n) is 9.85. The molecular weight excluding hydrogens is 536 g/mol. The number of amides is 2. The van der Waals surface area contributed by atoms with Crippen molar-refractivity contribution in [1.29, 1.82) is 0 Å². The van der Waals surface area contributed by atoms with Crippen LogP contribution in [0.25, 0.3) is 5.69 Å². The topological polar surface area (TPSA) is 116 Å². The molecule has 2 amide bonds. The lowest BCUT2D eigenvalue weighted by molar-refractivity contribution is 0.0519. The highest BCUT2D eigenvalue weighted by Crippen LogP contribution is 2.29. The number of aromatic nitrogens is 3. The van der Waals surface area contributed by atoms with Crippen LogP contribution in [-0.4, -0.2) is 45.1 Å². The molecule has 3 aromatic rings. The summed E-state index contributed by atoms with van der Waals surface area (Å²) in [7, 11) is 0. The van der Waals surface area contributed by atoms with E-state index in [-0.39, 0.29) is 40.9 Å². The Kier molecular flexibility index (Phi) is 8.24. The molecule has 10 nitrogen and oxygen atoms in total. The maximum Gasteiger partial charge on any atom is 0.407 e. The van der Waals surface area contributed by atoms with Gasteiger partial charge in [-0.15, -0.1) is 5.10 Å². The standard InChI is InChI=1S/C26H28ClF2N5O5/c1-26(2,3)39-24(36)30-10-12-38-20-14-19(34-25(37)33-11-5-4-9-21(33)32-34)18(29)13-15(20)23(35)31-22-16(27)7-6-8-17(22)28/h6-8,13-14H,4-5,9-12H2,1-3H3,(H,30,36)(H,31,35). The van der Waals surface area contributed by atoms with Gasteiger partial charge in [-0.25, -0.2) is 18.4 Å². The summed E-state index contributed by atoms with van der Waals surface area (Å²) in [5.41, 5.74) is -2.02. The van der Waals surface area contributed by atoms with Crippen molar-refractivity contribution >= 4 is 29.3 Å². The first-order valence-electron chi connectivity index (χ1n) is 12.3. The summed E-state index contributed by atoms with van der Waals surface area (Å²) in [4.78, 5) is 38.0. The molecule has 0 aliphatic carbocycles. The number of halogens is 3. The summed E-state index contributed by atoms with van der Waals surface area (Å²) in [5, 5.41) is 9.07. The van der Waals surface area contributed by atoms with Gasteiger partial charge < -0.3 is 20.1 Å². The first-order chi connectivity index (χ1) is 18.4. The van der Waals surface area contributed by atoms with Gasteiger partial charge in [0, 0.05) is 19.0 Å². The lowest BCUT2D eigenvalue weighted by Gasteiger charge is -2.20. The van der Waals surface area contributed by atoms with Crippen LogP contribution in [0.3, 0.4) is 0 Å². The third-order valence-corrected chi connectivity index (χ3v) is 6.04. The van der Waals surface area contributed by atoms with E-state index in [2.05, 4.69) is 15.7 Å². The number of hydrogen-bond acceptors (Lipinski definition) is 6. The molecule has 1 aliphatic heterocycles. The molecule has 1 aliphatic rings. The number of hydrogen-bond donors (Lipinski definition) is 2. The molecule has 2 N–H and O–H groups in total. The highest BCUT2D eigenvalue weighted by molar-refractivity contribution is 6.34. The predicted octanol–water partition coefficient (Wildman–Crippen LogP) is 4.46. The number of anilines is 1. The second-order valence-corrected chi connectivity index (χ2v) is 10.3. The Labute approximate surface area is 227 Å². The molecule has 0 saturated carbocycles. The van der Waals surface area contributed by atoms with Gasteiger partial charge in [0.25, 0.3) is 5.91 Å². The molecule has 0 radical (unpaired) electrons. The predicted molar refractivity (Wildman–Crippen MR) is 140 cm³/mol. The first kappa shape index (κ1) is 28.1. The molecule has 1 aromatic heterocycles. The average Bonchev–Trinajstić information content (AvgIpc) is 3.19. The number of aryl methyl sites for hydroxylation is 1. The van der Waals surface area contributed by atoms with Crippen molar-refractivity contribution in [2.24, 2.45) is 0 Å². The van der Waals surface area contributed by atoms with E-state index < -0.39 is 34.9 Å². The SMILES string of the molecule is CC(C)(C)OC(=O)NCCOc1cc(-n2nc3n(c2=O)CCCC3)c(F)cc1C(=O)Nc1c(F)cccc1Cl. The van der Waals surface area contributed by atoms with E-state index in [9.17, 15) is 18.8 Å². The van der Waals surface area contributed by atoms with Crippen LogP contribution in [0.1, 0.15) is 49.8 Å². The summed E-state index contributed by atoms with van der Waals surface area (Å²) in [6.45, 7) is 5.46. The number of rotatable bonds is 7. The van der Waals surface area contributed by atoms with Gasteiger partial charge >= 0.3 is 11.8 Å². The fraction of sp³-hybridized carbons (Fsp3) is 0.385. The zero-order valence-electron chi connectivity index (χ0n) is 21.6. The highest BCUT2D eigenvalue weighted by atomic mass is 35.5. The Morgan fingerprint density at radius 1 is 1.15 bits per heavy atom. The van der Waals surface area contributed by atoms with Gasteiger partial charge in [0.05, 0.1) is 22.8 Å². The smallest absolute Gasteiger partial charge is 0.407 e. The largest absolute Gasteiger partial charge is 0.491 e. The van der Waals surface area contributed by atoms with Crippen LogP contribution in [0, 0.1) is 11.6 Å². The fourth-order valence-corrected chi connectivity index (χ4v) is 4.19. The van der Waals surface area contributed by atoms with Gasteiger partial charge in [0.1, 0.15) is 41.1 Å². The van der Waals surface area contributed by atoms with Gasteiger partial charge in [0.2, 0.25) is 0 Å². The lowest BCUT2D eigenvalue weighted by atomic mass is 10.1. The molecule has 0 bridgehead atoms. The van der Waals surface area contributed by atoms with Crippen LogP contribution in [-0.2, 0) is 17.7 Å². The molecule has 0 fully saturated rings. The van der Waals surface area contributed by atoms with Crippen LogP contribution < -0.4 is 21.1 Å². The van der Waals surface area contributed by atoms with Crippen molar-refractivity contribution in [3.05, 3.63) is 68.9 Å². The number of fused-ring (bicyclic) bond motifs is 1. The zero-order chi connectivity index (χ0) is 28.3. The molecule has 0 unspecified atom stereocenters. The van der Waals surface area contributed by atoms with E-state index in [0.717, 1.165) is 29.7 Å². The average molecular weight is 564 g/mol. The summed E-state index contributed by atoms with van der Waals surface area (Å²) in [5.74, 6) is -2.20. The number of ether oxygens (including phenoxy) is 2. The Morgan fingerprint density at radius 2 is 1.92 bits per heavy atom. The van der Waals surface area contributed by atoms with Crippen molar-refractivity contribution in [1.82, 2.24) is 19.7 Å². The van der Waals surface area contributed by atoms with E-state index in [0.29, 0.717) is 18.8 Å². The summed E-state index contributed by atoms with van der Waals surface area (Å²) in [6.07, 6.45) is 1.56. The maximum absolute atomic E-state index is 15.4. The number of carbonyl (C=O) groups is 2. The minimum Gasteiger partial charge on any atom is -0.491 e. The number of nitrogens with one attached hydrogen (secondary N) is 2. The summed E-state index contributed by atoms with van der Waals surface area (Å²) in [6, 6.07) is 5.91. The third-order valence-electron chi connectivity index (χ3n) is 5.72. The number of para-hydroxylation sites is 1. The molecule has 13 heteroatoms. The van der Waals surface area contributed by atoms with E-state index >= 15 is 4.39 Å². The van der Waals surface area contributed by atoms with Crippen LogP contribution in [0.15, 0.2) is 35.1 Å². The molecule has 0 atom stereocenters.